The molecule has 0 bridgehead atoms. The third-order valence-electron chi connectivity index (χ3n) is 4.65. The zero-order chi connectivity index (χ0) is 17.1. The van der Waals surface area contributed by atoms with E-state index in [1.54, 1.807) is 24.5 Å². The molecule has 1 saturated carbocycles. The number of ether oxygens (including phenoxy) is 2. The van der Waals surface area contributed by atoms with Crippen molar-refractivity contribution in [3.8, 4) is 11.5 Å². The van der Waals surface area contributed by atoms with E-state index in [4.69, 9.17) is 9.47 Å². The summed E-state index contributed by atoms with van der Waals surface area (Å²) in [6.45, 7) is 0.550. The monoisotopic (exact) mass is 343 g/mol. The Balaban J connectivity index is 1.34. The predicted octanol–water partition coefficient (Wildman–Crippen LogP) is 2.83. The number of aromatic nitrogens is 3. The van der Waals surface area contributed by atoms with Gasteiger partial charge in [-0.1, -0.05) is 19.3 Å². The van der Waals surface area contributed by atoms with E-state index in [-0.39, 0.29) is 12.8 Å². The molecule has 1 aliphatic heterocycles. The predicted molar refractivity (Wildman–Crippen MR) is 90.6 cm³/mol. The molecule has 1 aromatic heterocycles. The minimum absolute atomic E-state index is 0.210. The van der Waals surface area contributed by atoms with Crippen LogP contribution < -0.4 is 20.1 Å². The van der Waals surface area contributed by atoms with Crippen molar-refractivity contribution in [2.75, 3.05) is 12.1 Å². The van der Waals surface area contributed by atoms with Gasteiger partial charge in [0, 0.05) is 17.8 Å². The number of amides is 2. The van der Waals surface area contributed by atoms with Crippen LogP contribution in [0.4, 0.5) is 10.5 Å². The molecule has 8 heteroatoms. The summed E-state index contributed by atoms with van der Waals surface area (Å²) in [7, 11) is 0. The molecule has 0 radical (unpaired) electrons. The molecule has 2 amide bonds. The smallest absolute Gasteiger partial charge is 0.319 e. The highest BCUT2D eigenvalue weighted by atomic mass is 16.7. The average Bonchev–Trinajstić information content (AvgIpc) is 3.29. The number of fused-ring (bicyclic) bond motifs is 1. The molecule has 25 heavy (non-hydrogen) atoms. The number of carbonyl (C=O) groups is 1. The lowest BCUT2D eigenvalue weighted by Gasteiger charge is -2.24. The lowest BCUT2D eigenvalue weighted by molar-refractivity contribution is 0.174. The normalized spacial score (nSPS) is 16.6. The number of carbonyl (C=O) groups excluding carboxylic acids is 1. The lowest BCUT2D eigenvalue weighted by atomic mass is 9.95. The van der Waals surface area contributed by atoms with Crippen molar-refractivity contribution >= 4 is 11.7 Å². The number of benzene rings is 1. The van der Waals surface area contributed by atoms with Crippen LogP contribution in [0.25, 0.3) is 0 Å². The van der Waals surface area contributed by atoms with Crippen molar-refractivity contribution in [3.63, 3.8) is 0 Å². The first kappa shape index (κ1) is 15.7. The third kappa shape index (κ3) is 3.52. The van der Waals surface area contributed by atoms with Crippen LogP contribution in [-0.2, 0) is 6.54 Å². The first-order chi connectivity index (χ1) is 12.3. The largest absolute Gasteiger partial charge is 0.454 e. The van der Waals surface area contributed by atoms with Gasteiger partial charge in [0.25, 0.3) is 0 Å². The summed E-state index contributed by atoms with van der Waals surface area (Å²) in [5.41, 5.74) is 0.649. The van der Waals surface area contributed by atoms with Gasteiger partial charge in [0.15, 0.2) is 17.3 Å². The molecule has 4 rings (SSSR count). The number of nitrogens with one attached hydrogen (secondary N) is 2. The fourth-order valence-corrected chi connectivity index (χ4v) is 3.37. The van der Waals surface area contributed by atoms with Gasteiger partial charge in [-0.15, -0.1) is 10.2 Å². The van der Waals surface area contributed by atoms with Crippen LogP contribution in [0.5, 0.6) is 11.5 Å². The lowest BCUT2D eigenvalue weighted by Crippen LogP contribution is -2.30. The summed E-state index contributed by atoms with van der Waals surface area (Å²) < 4.78 is 12.7. The van der Waals surface area contributed by atoms with E-state index in [2.05, 4.69) is 25.4 Å². The molecule has 8 nitrogen and oxygen atoms in total. The first-order valence-electron chi connectivity index (χ1n) is 8.62. The SMILES string of the molecule is O=C(NCc1nncn1C1CCCCC1)Nc1ccc2c(c1)OCO2. The molecular formula is C17H21N5O3. The summed E-state index contributed by atoms with van der Waals surface area (Å²) in [4.78, 5) is 12.1. The fraction of sp³-hybridized carbons (Fsp3) is 0.471. The number of hydrogen-bond donors (Lipinski definition) is 2. The van der Waals surface area contributed by atoms with Crippen molar-refractivity contribution in [2.24, 2.45) is 0 Å². The highest BCUT2D eigenvalue weighted by Gasteiger charge is 2.19. The Morgan fingerprint density at radius 2 is 2.04 bits per heavy atom. The van der Waals surface area contributed by atoms with E-state index >= 15 is 0 Å². The fourth-order valence-electron chi connectivity index (χ4n) is 3.37. The minimum Gasteiger partial charge on any atom is -0.454 e. The summed E-state index contributed by atoms with van der Waals surface area (Å²) in [6.07, 6.45) is 7.83. The molecule has 1 aromatic carbocycles. The second kappa shape index (κ2) is 7.00. The average molecular weight is 343 g/mol. The Hall–Kier alpha value is -2.77. The Labute approximate surface area is 145 Å². The Kier molecular flexibility index (Phi) is 4.41. The molecule has 1 fully saturated rings. The number of rotatable bonds is 4. The van der Waals surface area contributed by atoms with Crippen LogP contribution in [0.3, 0.4) is 0 Å². The standard InChI is InChI=1S/C17H21N5O3/c23-17(20-12-6-7-14-15(8-12)25-11-24-14)18-9-16-21-19-10-22(16)13-4-2-1-3-5-13/h6-8,10,13H,1-5,9,11H2,(H2,18,20,23). The minimum atomic E-state index is -0.294. The van der Waals surface area contributed by atoms with Crippen LogP contribution in [0.15, 0.2) is 24.5 Å². The van der Waals surface area contributed by atoms with Crippen molar-refractivity contribution in [1.29, 1.82) is 0 Å². The molecule has 2 heterocycles. The highest BCUT2D eigenvalue weighted by Crippen LogP contribution is 2.34. The molecule has 0 atom stereocenters. The topological polar surface area (TPSA) is 90.3 Å². The van der Waals surface area contributed by atoms with Gasteiger partial charge in [0.1, 0.15) is 6.33 Å². The highest BCUT2D eigenvalue weighted by molar-refractivity contribution is 5.89. The molecule has 1 aliphatic carbocycles. The molecule has 0 unspecified atom stereocenters. The summed E-state index contributed by atoms with van der Waals surface area (Å²) in [6, 6.07) is 5.44. The van der Waals surface area contributed by atoms with E-state index in [9.17, 15) is 4.79 Å². The Bertz CT molecular complexity index is 754. The zero-order valence-corrected chi connectivity index (χ0v) is 13.9. The van der Waals surface area contributed by atoms with Gasteiger partial charge >= 0.3 is 6.03 Å². The maximum atomic E-state index is 12.1. The second-order valence-electron chi connectivity index (χ2n) is 6.32. The molecule has 132 valence electrons. The van der Waals surface area contributed by atoms with E-state index in [1.165, 1.54) is 19.3 Å². The van der Waals surface area contributed by atoms with Crippen LogP contribution >= 0.6 is 0 Å². The molecule has 2 N–H and O–H groups in total. The summed E-state index contributed by atoms with van der Waals surface area (Å²) >= 11 is 0. The van der Waals surface area contributed by atoms with Gasteiger partial charge in [0.2, 0.25) is 6.79 Å². The van der Waals surface area contributed by atoms with Crippen molar-refractivity contribution < 1.29 is 14.3 Å². The quantitative estimate of drug-likeness (QED) is 0.891. The van der Waals surface area contributed by atoms with Gasteiger partial charge in [-0.2, -0.15) is 0 Å². The van der Waals surface area contributed by atoms with Gasteiger partial charge in [-0.05, 0) is 25.0 Å². The van der Waals surface area contributed by atoms with E-state index < -0.39 is 0 Å². The van der Waals surface area contributed by atoms with E-state index in [0.29, 0.717) is 29.8 Å². The van der Waals surface area contributed by atoms with Crippen LogP contribution in [0, 0.1) is 0 Å². The zero-order valence-electron chi connectivity index (χ0n) is 13.9. The summed E-state index contributed by atoms with van der Waals surface area (Å²) in [5.74, 6) is 2.11. The molecule has 0 spiro atoms. The number of nitrogens with zero attached hydrogens (tertiary/aromatic N) is 3. The molecular weight excluding hydrogens is 322 g/mol. The number of anilines is 1. The van der Waals surface area contributed by atoms with Crippen LogP contribution in [0.1, 0.15) is 44.0 Å². The maximum absolute atomic E-state index is 12.1. The second-order valence-corrected chi connectivity index (χ2v) is 6.32. The Morgan fingerprint density at radius 1 is 1.20 bits per heavy atom. The molecule has 2 aromatic rings. The van der Waals surface area contributed by atoms with E-state index in [0.717, 1.165) is 18.7 Å². The molecule has 2 aliphatic rings. The van der Waals surface area contributed by atoms with Crippen LogP contribution in [0.2, 0.25) is 0 Å². The number of urea groups is 1. The molecule has 0 saturated heterocycles. The number of hydrogen-bond acceptors (Lipinski definition) is 5. The van der Waals surface area contributed by atoms with Crippen LogP contribution in [-0.4, -0.2) is 27.6 Å². The summed E-state index contributed by atoms with van der Waals surface area (Å²) in [5, 5.41) is 13.8. The van der Waals surface area contributed by atoms with Gasteiger partial charge < -0.3 is 24.7 Å². The Morgan fingerprint density at radius 3 is 2.92 bits per heavy atom. The van der Waals surface area contributed by atoms with Gasteiger partial charge in [-0.3, -0.25) is 0 Å². The first-order valence-corrected chi connectivity index (χ1v) is 8.62. The van der Waals surface area contributed by atoms with Crippen molar-refractivity contribution in [2.45, 2.75) is 44.7 Å². The van der Waals surface area contributed by atoms with Gasteiger partial charge in [-0.25, -0.2) is 4.79 Å². The van der Waals surface area contributed by atoms with E-state index in [1.807, 2.05) is 0 Å². The maximum Gasteiger partial charge on any atom is 0.319 e. The third-order valence-corrected chi connectivity index (χ3v) is 4.65. The van der Waals surface area contributed by atoms with Crippen molar-refractivity contribution in [3.05, 3.63) is 30.4 Å². The van der Waals surface area contributed by atoms with Gasteiger partial charge in [0.05, 0.1) is 6.54 Å². The van der Waals surface area contributed by atoms with Crippen molar-refractivity contribution in [1.82, 2.24) is 20.1 Å².